The molecule has 0 bridgehead atoms. The van der Waals surface area contributed by atoms with Crippen molar-refractivity contribution in [2.24, 2.45) is 4.40 Å². The molecular formula is C10H11NO3S2. The van der Waals surface area contributed by atoms with Gasteiger partial charge in [-0.05, 0) is 36.7 Å². The van der Waals surface area contributed by atoms with E-state index < -0.39 is 10.0 Å². The number of para-hydroxylation sites is 1. The Kier molecular flexibility index (Phi) is 2.94. The molecular weight excluding hydrogens is 246 g/mol. The second kappa shape index (κ2) is 4.10. The summed E-state index contributed by atoms with van der Waals surface area (Å²) in [6.07, 6.45) is 0. The van der Waals surface area contributed by atoms with Crippen LogP contribution in [0, 0.1) is 13.8 Å². The highest BCUT2D eigenvalue weighted by Crippen LogP contribution is 2.27. The van der Waals surface area contributed by atoms with Gasteiger partial charge in [-0.25, -0.2) is 8.42 Å². The summed E-state index contributed by atoms with van der Waals surface area (Å²) in [5, 5.41) is 0.171. The summed E-state index contributed by atoms with van der Waals surface area (Å²) in [7, 11) is -3.32. The fourth-order valence-corrected chi connectivity index (χ4v) is 3.55. The van der Waals surface area contributed by atoms with Crippen LogP contribution >= 0.6 is 11.8 Å². The predicted octanol–water partition coefficient (Wildman–Crippen LogP) is 2.07. The quantitative estimate of drug-likeness (QED) is 0.773. The zero-order chi connectivity index (χ0) is 11.8. The molecule has 6 heteroatoms. The van der Waals surface area contributed by atoms with Crippen LogP contribution in [0.4, 0.5) is 0 Å². The number of nitrogens with zero attached hydrogens (tertiary/aromatic N) is 1. The molecule has 86 valence electrons. The van der Waals surface area contributed by atoms with Crippen LogP contribution in [0.5, 0.6) is 5.75 Å². The monoisotopic (exact) mass is 257 g/mol. The Hall–Kier alpha value is -1.01. The number of hydrogen-bond donors (Lipinski definition) is 0. The Morgan fingerprint density at radius 3 is 2.44 bits per heavy atom. The molecule has 4 nitrogen and oxygen atoms in total. The fraction of sp³-hybridized carbons (Fsp3) is 0.300. The maximum Gasteiger partial charge on any atom is 0.268 e. The van der Waals surface area contributed by atoms with E-state index in [2.05, 4.69) is 4.40 Å². The lowest BCUT2D eigenvalue weighted by Gasteiger charge is -2.09. The van der Waals surface area contributed by atoms with E-state index in [-0.39, 0.29) is 10.3 Å². The van der Waals surface area contributed by atoms with Gasteiger partial charge in [0.05, 0.1) is 0 Å². The first-order valence-corrected chi connectivity index (χ1v) is 7.27. The fourth-order valence-electron chi connectivity index (χ4n) is 1.39. The molecule has 0 aromatic heterocycles. The Labute approximate surface area is 98.8 Å². The molecule has 0 aliphatic carbocycles. The number of hydrogen-bond acceptors (Lipinski definition) is 4. The third-order valence-electron chi connectivity index (χ3n) is 2.14. The third-order valence-corrected chi connectivity index (χ3v) is 4.79. The molecule has 2 rings (SSSR count). The van der Waals surface area contributed by atoms with Crippen LogP contribution in [-0.4, -0.2) is 18.7 Å². The molecule has 0 N–H and O–H groups in total. The van der Waals surface area contributed by atoms with E-state index in [0.29, 0.717) is 5.75 Å². The van der Waals surface area contributed by atoms with Crippen molar-refractivity contribution in [3.63, 3.8) is 0 Å². The maximum absolute atomic E-state index is 11.1. The smallest absolute Gasteiger partial charge is 0.268 e. The highest BCUT2D eigenvalue weighted by Gasteiger charge is 2.23. The summed E-state index contributed by atoms with van der Waals surface area (Å²) in [6, 6.07) is 5.76. The minimum absolute atomic E-state index is 0.0345. The van der Waals surface area contributed by atoms with Crippen molar-refractivity contribution in [1.29, 1.82) is 0 Å². The van der Waals surface area contributed by atoms with Crippen molar-refractivity contribution in [3.05, 3.63) is 29.3 Å². The van der Waals surface area contributed by atoms with Crippen molar-refractivity contribution < 1.29 is 13.2 Å². The average molecular weight is 257 g/mol. The lowest BCUT2D eigenvalue weighted by Crippen LogP contribution is -2.03. The number of benzene rings is 1. The normalized spacial score (nSPS) is 18.2. The van der Waals surface area contributed by atoms with Gasteiger partial charge in [0.1, 0.15) is 10.8 Å². The molecule has 1 aliphatic rings. The Bertz CT molecular complexity index is 529. The van der Waals surface area contributed by atoms with Gasteiger partial charge in [-0.15, -0.1) is 4.40 Å². The van der Waals surface area contributed by atoms with Crippen LogP contribution in [0.25, 0.3) is 0 Å². The van der Waals surface area contributed by atoms with Crippen molar-refractivity contribution in [2.45, 2.75) is 13.8 Å². The first kappa shape index (κ1) is 11.5. The second-order valence-electron chi connectivity index (χ2n) is 3.52. The van der Waals surface area contributed by atoms with E-state index in [9.17, 15) is 8.42 Å². The minimum Gasteiger partial charge on any atom is -0.433 e. The van der Waals surface area contributed by atoms with Gasteiger partial charge in [-0.3, -0.25) is 0 Å². The molecule has 1 aliphatic heterocycles. The van der Waals surface area contributed by atoms with Crippen molar-refractivity contribution in [3.8, 4) is 5.75 Å². The molecule has 0 radical (unpaired) electrons. The molecule has 16 heavy (non-hydrogen) atoms. The largest absolute Gasteiger partial charge is 0.433 e. The van der Waals surface area contributed by atoms with Gasteiger partial charge in [-0.2, -0.15) is 0 Å². The molecule has 0 atom stereocenters. The summed E-state index contributed by atoms with van der Waals surface area (Å²) in [5.74, 6) is 0.686. The molecule has 0 fully saturated rings. The summed E-state index contributed by atoms with van der Waals surface area (Å²) < 4.78 is 31.3. The molecule has 1 aromatic rings. The number of thioether (sulfide) groups is 1. The van der Waals surface area contributed by atoms with Crippen LogP contribution in [0.1, 0.15) is 11.1 Å². The lowest BCUT2D eigenvalue weighted by molar-refractivity contribution is 0.556. The second-order valence-corrected chi connectivity index (χ2v) is 6.45. The van der Waals surface area contributed by atoms with Crippen molar-refractivity contribution in [1.82, 2.24) is 0 Å². The zero-order valence-corrected chi connectivity index (χ0v) is 10.6. The average Bonchev–Trinajstić information content (AvgIpc) is 2.52. The molecule has 0 saturated carbocycles. The first-order chi connectivity index (χ1) is 7.48. The van der Waals surface area contributed by atoms with E-state index in [0.717, 1.165) is 22.9 Å². The molecule has 0 saturated heterocycles. The van der Waals surface area contributed by atoms with Crippen molar-refractivity contribution in [2.75, 3.05) is 5.08 Å². The maximum atomic E-state index is 11.1. The van der Waals surface area contributed by atoms with Gasteiger partial charge >= 0.3 is 0 Å². The van der Waals surface area contributed by atoms with Gasteiger partial charge in [0.15, 0.2) is 0 Å². The number of rotatable bonds is 1. The lowest BCUT2D eigenvalue weighted by atomic mass is 10.1. The predicted molar refractivity (Wildman–Crippen MR) is 65.4 cm³/mol. The number of ether oxygens (including phenoxy) is 1. The van der Waals surface area contributed by atoms with E-state index in [1.54, 1.807) is 0 Å². The molecule has 0 spiro atoms. The van der Waals surface area contributed by atoms with Crippen LogP contribution in [0.15, 0.2) is 22.6 Å². The van der Waals surface area contributed by atoms with Gasteiger partial charge in [-0.1, -0.05) is 18.2 Å². The van der Waals surface area contributed by atoms with Crippen molar-refractivity contribution >= 4 is 27.0 Å². The van der Waals surface area contributed by atoms with Gasteiger partial charge in [0, 0.05) is 0 Å². The van der Waals surface area contributed by atoms with Crippen LogP contribution in [0.3, 0.4) is 0 Å². The summed E-state index contributed by atoms with van der Waals surface area (Å²) in [5.41, 5.74) is 1.93. The van der Waals surface area contributed by atoms with Crippen LogP contribution in [-0.2, 0) is 10.0 Å². The zero-order valence-electron chi connectivity index (χ0n) is 8.93. The van der Waals surface area contributed by atoms with Crippen LogP contribution in [0.2, 0.25) is 0 Å². The van der Waals surface area contributed by atoms with E-state index in [1.165, 1.54) is 0 Å². The number of aryl methyl sites for hydroxylation is 2. The SMILES string of the molecule is Cc1cccc(C)c1OC1=NS(=O)(=O)CS1. The van der Waals surface area contributed by atoms with E-state index in [1.807, 2.05) is 32.0 Å². The molecule has 0 unspecified atom stereocenters. The molecule has 1 heterocycles. The number of sulfonamides is 1. The minimum atomic E-state index is -3.32. The topological polar surface area (TPSA) is 55.7 Å². The standard InChI is InChI=1S/C10H11NO3S2/c1-7-4-3-5-8(2)9(7)14-10-11-16(12,13)6-15-10/h3-5H,6H2,1-2H3. The Morgan fingerprint density at radius 1 is 1.31 bits per heavy atom. The van der Waals surface area contributed by atoms with Gasteiger partial charge in [0.2, 0.25) is 0 Å². The van der Waals surface area contributed by atoms with E-state index in [4.69, 9.17) is 4.74 Å². The third kappa shape index (κ3) is 2.38. The Balaban J connectivity index is 2.29. The summed E-state index contributed by atoms with van der Waals surface area (Å²) in [4.78, 5) is 0. The van der Waals surface area contributed by atoms with Gasteiger partial charge < -0.3 is 4.74 Å². The van der Waals surface area contributed by atoms with Gasteiger partial charge in [0.25, 0.3) is 15.3 Å². The molecule has 1 aromatic carbocycles. The van der Waals surface area contributed by atoms with Crippen LogP contribution < -0.4 is 4.74 Å². The Morgan fingerprint density at radius 2 is 1.94 bits per heavy atom. The highest BCUT2D eigenvalue weighted by molar-refractivity contribution is 8.24. The summed E-state index contributed by atoms with van der Waals surface area (Å²) >= 11 is 1.10. The first-order valence-electron chi connectivity index (χ1n) is 4.67. The van der Waals surface area contributed by atoms with E-state index >= 15 is 0 Å². The highest BCUT2D eigenvalue weighted by atomic mass is 32.3. The summed E-state index contributed by atoms with van der Waals surface area (Å²) in [6.45, 7) is 3.83. The molecule has 0 amide bonds.